The van der Waals surface area contributed by atoms with Gasteiger partial charge in [0.05, 0.1) is 6.54 Å². The van der Waals surface area contributed by atoms with E-state index in [9.17, 15) is 0 Å². The van der Waals surface area contributed by atoms with E-state index in [4.69, 9.17) is 0 Å². The summed E-state index contributed by atoms with van der Waals surface area (Å²) in [6.07, 6.45) is 1.19. The van der Waals surface area contributed by atoms with Gasteiger partial charge in [0.1, 0.15) is 0 Å². The first-order chi connectivity index (χ1) is 7.69. The summed E-state index contributed by atoms with van der Waals surface area (Å²) in [5.74, 6) is 0. The molecule has 0 bridgehead atoms. The van der Waals surface area contributed by atoms with Gasteiger partial charge in [-0.05, 0) is 43.5 Å². The summed E-state index contributed by atoms with van der Waals surface area (Å²) in [4.78, 5) is 4.50. The maximum atomic E-state index is 4.50. The smallest absolute Gasteiger partial charge is 0.161 e. The molecule has 0 saturated carbocycles. The number of anilines is 1. The number of thioether (sulfide) groups is 1. The fourth-order valence-electron chi connectivity index (χ4n) is 1.64. The highest BCUT2D eigenvalue weighted by atomic mass is 32.2. The van der Waals surface area contributed by atoms with Crippen molar-refractivity contribution in [2.24, 2.45) is 4.99 Å². The Morgan fingerprint density at radius 3 is 2.81 bits per heavy atom. The average Bonchev–Trinajstić information content (AvgIpc) is 2.71. The van der Waals surface area contributed by atoms with E-state index in [-0.39, 0.29) is 0 Å². The van der Waals surface area contributed by atoms with Crippen LogP contribution in [-0.4, -0.2) is 17.0 Å². The molecule has 0 amide bonds. The van der Waals surface area contributed by atoms with Gasteiger partial charge in [-0.3, -0.25) is 4.99 Å². The van der Waals surface area contributed by atoms with Gasteiger partial charge in [-0.15, -0.1) is 0 Å². The Balaban J connectivity index is 2.02. The molecule has 3 heteroatoms. The summed E-state index contributed by atoms with van der Waals surface area (Å²) in [7, 11) is 0. The third kappa shape index (κ3) is 2.59. The number of hydrogen-bond donors (Lipinski definition) is 1. The van der Waals surface area contributed by atoms with E-state index in [0.717, 1.165) is 17.4 Å². The van der Waals surface area contributed by atoms with Crippen molar-refractivity contribution in [3.8, 4) is 0 Å². The molecule has 1 aromatic rings. The summed E-state index contributed by atoms with van der Waals surface area (Å²) >= 11 is 1.85. The molecule has 1 aromatic carbocycles. The maximum Gasteiger partial charge on any atom is 0.161 e. The van der Waals surface area contributed by atoms with Gasteiger partial charge in [0.25, 0.3) is 0 Å². The molecule has 0 spiro atoms. The highest BCUT2D eigenvalue weighted by Crippen LogP contribution is 2.25. The van der Waals surface area contributed by atoms with Crippen molar-refractivity contribution >= 4 is 22.6 Å². The van der Waals surface area contributed by atoms with E-state index in [0.29, 0.717) is 5.25 Å². The van der Waals surface area contributed by atoms with Crippen molar-refractivity contribution in [2.45, 2.75) is 32.4 Å². The predicted molar refractivity (Wildman–Crippen MR) is 73.5 cm³/mol. The molecule has 86 valence electrons. The maximum absolute atomic E-state index is 4.50. The van der Waals surface area contributed by atoms with Gasteiger partial charge in [-0.1, -0.05) is 24.8 Å². The van der Waals surface area contributed by atoms with Crippen molar-refractivity contribution in [1.29, 1.82) is 0 Å². The van der Waals surface area contributed by atoms with Crippen LogP contribution in [0.15, 0.2) is 23.2 Å². The average molecular weight is 234 g/mol. The summed E-state index contributed by atoms with van der Waals surface area (Å²) in [5.41, 5.74) is 3.80. The standard InChI is InChI=1S/C13H18N2S/c1-4-12-8-14-13(16-12)15-11-6-5-9(2)10(3)7-11/h5-7,12H,4,8H2,1-3H3,(H,14,15). The molecule has 0 radical (unpaired) electrons. The fourth-order valence-corrected chi connectivity index (χ4v) is 2.60. The first-order valence-electron chi connectivity index (χ1n) is 5.74. The van der Waals surface area contributed by atoms with Crippen molar-refractivity contribution in [3.05, 3.63) is 29.3 Å². The number of benzene rings is 1. The number of aryl methyl sites for hydroxylation is 2. The lowest BCUT2D eigenvalue weighted by molar-refractivity contribution is 0.843. The highest BCUT2D eigenvalue weighted by Gasteiger charge is 2.17. The Labute approximate surface area is 102 Å². The van der Waals surface area contributed by atoms with Crippen LogP contribution in [0.1, 0.15) is 24.5 Å². The topological polar surface area (TPSA) is 24.4 Å². The van der Waals surface area contributed by atoms with E-state index in [1.807, 2.05) is 11.8 Å². The molecule has 2 rings (SSSR count). The Hall–Kier alpha value is -0.960. The molecular formula is C13H18N2S. The number of aliphatic imine (C=N–C) groups is 1. The third-order valence-electron chi connectivity index (χ3n) is 2.93. The molecule has 2 nitrogen and oxygen atoms in total. The van der Waals surface area contributed by atoms with E-state index in [1.54, 1.807) is 0 Å². The molecule has 1 aliphatic heterocycles. The Morgan fingerprint density at radius 2 is 2.19 bits per heavy atom. The molecule has 16 heavy (non-hydrogen) atoms. The van der Waals surface area contributed by atoms with Crippen LogP contribution in [0.25, 0.3) is 0 Å². The minimum Gasteiger partial charge on any atom is -0.335 e. The molecule has 1 N–H and O–H groups in total. The van der Waals surface area contributed by atoms with Crippen LogP contribution in [0.3, 0.4) is 0 Å². The number of rotatable bonds is 2. The number of amidine groups is 1. The normalized spacial score (nSPS) is 19.7. The van der Waals surface area contributed by atoms with Crippen LogP contribution in [0.2, 0.25) is 0 Å². The number of nitrogens with zero attached hydrogens (tertiary/aromatic N) is 1. The van der Waals surface area contributed by atoms with Crippen LogP contribution in [-0.2, 0) is 0 Å². The Kier molecular flexibility index (Phi) is 3.54. The summed E-state index contributed by atoms with van der Waals surface area (Å²) < 4.78 is 0. The predicted octanol–water partition coefficient (Wildman–Crippen LogP) is 3.60. The molecular weight excluding hydrogens is 216 g/mol. The van der Waals surface area contributed by atoms with Crippen LogP contribution >= 0.6 is 11.8 Å². The van der Waals surface area contributed by atoms with E-state index < -0.39 is 0 Å². The zero-order chi connectivity index (χ0) is 11.5. The van der Waals surface area contributed by atoms with Gasteiger partial charge < -0.3 is 5.32 Å². The zero-order valence-electron chi connectivity index (χ0n) is 10.1. The van der Waals surface area contributed by atoms with Gasteiger partial charge in [0, 0.05) is 10.9 Å². The largest absolute Gasteiger partial charge is 0.335 e. The lowest BCUT2D eigenvalue weighted by Crippen LogP contribution is -2.07. The first kappa shape index (κ1) is 11.5. The quantitative estimate of drug-likeness (QED) is 0.845. The SMILES string of the molecule is CCC1CN=C(Nc2ccc(C)c(C)c2)S1. The van der Waals surface area contributed by atoms with Gasteiger partial charge in [-0.2, -0.15) is 0 Å². The second-order valence-corrected chi connectivity index (χ2v) is 5.51. The van der Waals surface area contributed by atoms with E-state index in [2.05, 4.69) is 49.3 Å². The van der Waals surface area contributed by atoms with Gasteiger partial charge in [0.2, 0.25) is 0 Å². The lowest BCUT2D eigenvalue weighted by Gasteiger charge is -2.08. The van der Waals surface area contributed by atoms with Gasteiger partial charge in [0.15, 0.2) is 5.17 Å². The van der Waals surface area contributed by atoms with Crippen molar-refractivity contribution in [1.82, 2.24) is 0 Å². The molecule has 1 unspecified atom stereocenters. The molecule has 1 heterocycles. The minimum absolute atomic E-state index is 0.661. The number of hydrogen-bond acceptors (Lipinski definition) is 3. The molecule has 0 aliphatic carbocycles. The lowest BCUT2D eigenvalue weighted by atomic mass is 10.1. The van der Waals surface area contributed by atoms with Crippen LogP contribution < -0.4 is 5.32 Å². The second-order valence-electron chi connectivity index (χ2n) is 4.22. The van der Waals surface area contributed by atoms with Crippen molar-refractivity contribution in [2.75, 3.05) is 11.9 Å². The zero-order valence-corrected chi connectivity index (χ0v) is 10.9. The highest BCUT2D eigenvalue weighted by molar-refractivity contribution is 8.15. The van der Waals surface area contributed by atoms with Gasteiger partial charge in [-0.25, -0.2) is 0 Å². The Bertz CT molecular complexity index is 412. The van der Waals surface area contributed by atoms with E-state index in [1.165, 1.54) is 17.5 Å². The van der Waals surface area contributed by atoms with E-state index >= 15 is 0 Å². The van der Waals surface area contributed by atoms with Gasteiger partial charge >= 0.3 is 0 Å². The fraction of sp³-hybridized carbons (Fsp3) is 0.462. The summed E-state index contributed by atoms with van der Waals surface area (Å²) in [6, 6.07) is 6.44. The molecule has 1 aliphatic rings. The van der Waals surface area contributed by atoms with Crippen LogP contribution in [0.4, 0.5) is 5.69 Å². The molecule has 0 aromatic heterocycles. The minimum atomic E-state index is 0.661. The molecule has 0 saturated heterocycles. The monoisotopic (exact) mass is 234 g/mol. The third-order valence-corrected chi connectivity index (χ3v) is 4.20. The first-order valence-corrected chi connectivity index (χ1v) is 6.62. The second kappa shape index (κ2) is 4.91. The van der Waals surface area contributed by atoms with Crippen molar-refractivity contribution < 1.29 is 0 Å². The van der Waals surface area contributed by atoms with Crippen molar-refractivity contribution in [3.63, 3.8) is 0 Å². The Morgan fingerprint density at radius 1 is 1.38 bits per heavy atom. The van der Waals surface area contributed by atoms with Crippen LogP contribution in [0.5, 0.6) is 0 Å². The summed E-state index contributed by atoms with van der Waals surface area (Å²) in [5, 5.41) is 5.11. The summed E-state index contributed by atoms with van der Waals surface area (Å²) in [6.45, 7) is 7.44. The van der Waals surface area contributed by atoms with Crippen LogP contribution in [0, 0.1) is 13.8 Å². The molecule has 1 atom stereocenters. The number of nitrogens with one attached hydrogen (secondary N) is 1. The molecule has 0 fully saturated rings.